The summed E-state index contributed by atoms with van der Waals surface area (Å²) >= 11 is 0. The van der Waals surface area contributed by atoms with E-state index in [1.165, 1.54) is 6.54 Å². The Kier molecular flexibility index (Phi) is 2.90. The minimum absolute atomic E-state index is 0.0591. The summed E-state index contributed by atoms with van der Waals surface area (Å²) in [6.07, 6.45) is 0.937. The summed E-state index contributed by atoms with van der Waals surface area (Å²) in [7, 11) is 0. The molecule has 0 spiro atoms. The van der Waals surface area contributed by atoms with E-state index in [9.17, 15) is 5.11 Å². The van der Waals surface area contributed by atoms with Crippen LogP contribution < -0.4 is 4.90 Å². The van der Waals surface area contributed by atoms with E-state index < -0.39 is 0 Å². The average Bonchev–Trinajstić information content (AvgIpc) is 1.85. The third-order valence-electron chi connectivity index (χ3n) is 2.60. The summed E-state index contributed by atoms with van der Waals surface area (Å²) < 4.78 is 0. The zero-order chi connectivity index (χ0) is 8.43. The van der Waals surface area contributed by atoms with Crippen molar-refractivity contribution in [3.05, 3.63) is 0 Å². The standard InChI is InChI=1S/C9H19NO/c1-7(2)10-5-8(3)4-9(11)6-10/h7-9,11H,4-6H2,1-3H3/p+1/t8-,9+/m0/s1. The van der Waals surface area contributed by atoms with Crippen molar-refractivity contribution < 1.29 is 10.0 Å². The molecule has 0 aromatic rings. The molecule has 1 aliphatic heterocycles. The van der Waals surface area contributed by atoms with Gasteiger partial charge in [-0.25, -0.2) is 0 Å². The second-order valence-electron chi connectivity index (χ2n) is 4.22. The molecule has 0 aromatic heterocycles. The first-order valence-corrected chi connectivity index (χ1v) is 4.62. The lowest BCUT2D eigenvalue weighted by Gasteiger charge is -2.33. The molecule has 1 fully saturated rings. The van der Waals surface area contributed by atoms with Crippen LogP contribution in [-0.4, -0.2) is 30.3 Å². The van der Waals surface area contributed by atoms with Crippen LogP contribution in [-0.2, 0) is 0 Å². The average molecular weight is 158 g/mol. The monoisotopic (exact) mass is 158 g/mol. The predicted molar refractivity (Wildman–Crippen MR) is 45.6 cm³/mol. The van der Waals surface area contributed by atoms with Crippen molar-refractivity contribution in [3.8, 4) is 0 Å². The van der Waals surface area contributed by atoms with Gasteiger partial charge in [0.05, 0.1) is 12.6 Å². The zero-order valence-corrected chi connectivity index (χ0v) is 7.80. The smallest absolute Gasteiger partial charge is 0.104 e. The van der Waals surface area contributed by atoms with Crippen LogP contribution in [0.4, 0.5) is 0 Å². The van der Waals surface area contributed by atoms with Crippen LogP contribution in [0.1, 0.15) is 27.2 Å². The van der Waals surface area contributed by atoms with E-state index in [0.29, 0.717) is 12.0 Å². The molecule has 0 amide bonds. The first-order valence-electron chi connectivity index (χ1n) is 4.62. The van der Waals surface area contributed by atoms with Crippen LogP contribution in [0.5, 0.6) is 0 Å². The highest BCUT2D eigenvalue weighted by atomic mass is 16.3. The van der Waals surface area contributed by atoms with Gasteiger partial charge < -0.3 is 10.0 Å². The number of hydrogen-bond donors (Lipinski definition) is 2. The molecule has 2 N–H and O–H groups in total. The molecule has 1 heterocycles. The molecule has 0 aliphatic carbocycles. The Balaban J connectivity index is 2.43. The molecule has 1 rings (SSSR count). The Labute approximate surface area is 69.2 Å². The highest BCUT2D eigenvalue weighted by Crippen LogP contribution is 2.06. The maximum Gasteiger partial charge on any atom is 0.104 e. The maximum absolute atomic E-state index is 9.48. The minimum atomic E-state index is -0.0591. The lowest BCUT2D eigenvalue weighted by Crippen LogP contribution is -3.17. The summed E-state index contributed by atoms with van der Waals surface area (Å²) in [4.78, 5) is 1.55. The van der Waals surface area contributed by atoms with E-state index in [-0.39, 0.29) is 6.10 Å². The van der Waals surface area contributed by atoms with Crippen molar-refractivity contribution in [2.24, 2.45) is 5.92 Å². The molecule has 2 heteroatoms. The lowest BCUT2D eigenvalue weighted by molar-refractivity contribution is -0.932. The first-order chi connectivity index (χ1) is 5.09. The molecule has 1 aliphatic rings. The summed E-state index contributed by atoms with van der Waals surface area (Å²) in [5.41, 5.74) is 0. The molecule has 11 heavy (non-hydrogen) atoms. The van der Waals surface area contributed by atoms with Crippen molar-refractivity contribution in [2.45, 2.75) is 39.3 Å². The molecule has 66 valence electrons. The van der Waals surface area contributed by atoms with Crippen molar-refractivity contribution in [3.63, 3.8) is 0 Å². The topological polar surface area (TPSA) is 24.7 Å². The molecule has 1 saturated heterocycles. The SMILES string of the molecule is CC(C)[NH+]1C[C@@H](C)C[C@@H](O)C1. The van der Waals surface area contributed by atoms with E-state index in [4.69, 9.17) is 0 Å². The van der Waals surface area contributed by atoms with Gasteiger partial charge in [-0.2, -0.15) is 0 Å². The predicted octanol–water partition coefficient (Wildman–Crippen LogP) is -0.320. The van der Waals surface area contributed by atoms with Crippen LogP contribution >= 0.6 is 0 Å². The molecule has 0 radical (unpaired) electrons. The normalized spacial score (nSPS) is 39.5. The van der Waals surface area contributed by atoms with Crippen LogP contribution in [0, 0.1) is 5.92 Å². The van der Waals surface area contributed by atoms with Crippen molar-refractivity contribution in [1.82, 2.24) is 0 Å². The van der Waals surface area contributed by atoms with E-state index in [2.05, 4.69) is 20.8 Å². The largest absolute Gasteiger partial charge is 0.387 e. The summed E-state index contributed by atoms with van der Waals surface area (Å²) in [5.74, 6) is 0.691. The molecule has 0 aromatic carbocycles. The molecule has 3 atom stereocenters. The Hall–Kier alpha value is -0.0800. The molecule has 2 nitrogen and oxygen atoms in total. The fraction of sp³-hybridized carbons (Fsp3) is 1.00. The fourth-order valence-corrected chi connectivity index (χ4v) is 1.94. The molecule has 0 saturated carbocycles. The highest BCUT2D eigenvalue weighted by molar-refractivity contribution is 4.64. The van der Waals surface area contributed by atoms with Crippen LogP contribution in [0.3, 0.4) is 0 Å². The van der Waals surface area contributed by atoms with Crippen molar-refractivity contribution >= 4 is 0 Å². The number of aliphatic hydroxyl groups excluding tert-OH is 1. The quantitative estimate of drug-likeness (QED) is 0.537. The Morgan fingerprint density at radius 1 is 1.36 bits per heavy atom. The van der Waals surface area contributed by atoms with Gasteiger partial charge in [0.25, 0.3) is 0 Å². The van der Waals surface area contributed by atoms with Crippen LogP contribution in [0.25, 0.3) is 0 Å². The van der Waals surface area contributed by atoms with Crippen molar-refractivity contribution in [1.29, 1.82) is 0 Å². The van der Waals surface area contributed by atoms with Gasteiger partial charge in [0.15, 0.2) is 0 Å². The number of likely N-dealkylation sites (tertiary alicyclic amines) is 1. The van der Waals surface area contributed by atoms with Gasteiger partial charge >= 0.3 is 0 Å². The number of nitrogens with one attached hydrogen (secondary N) is 1. The Morgan fingerprint density at radius 2 is 2.00 bits per heavy atom. The molecular weight excluding hydrogens is 138 g/mol. The second-order valence-corrected chi connectivity index (χ2v) is 4.22. The number of aliphatic hydroxyl groups is 1. The van der Waals surface area contributed by atoms with Gasteiger partial charge in [0, 0.05) is 5.92 Å². The molecule has 0 bridgehead atoms. The van der Waals surface area contributed by atoms with Crippen molar-refractivity contribution in [2.75, 3.05) is 13.1 Å². The minimum Gasteiger partial charge on any atom is -0.387 e. The summed E-state index contributed by atoms with van der Waals surface area (Å²) in [5, 5.41) is 9.48. The number of rotatable bonds is 1. The van der Waals surface area contributed by atoms with Gasteiger partial charge in [0.1, 0.15) is 12.6 Å². The summed E-state index contributed by atoms with van der Waals surface area (Å²) in [6.45, 7) is 8.85. The number of quaternary nitrogens is 1. The number of piperidine rings is 1. The van der Waals surface area contributed by atoms with E-state index in [1.54, 1.807) is 4.90 Å². The van der Waals surface area contributed by atoms with Crippen LogP contribution in [0.15, 0.2) is 0 Å². The zero-order valence-electron chi connectivity index (χ0n) is 7.80. The van der Waals surface area contributed by atoms with E-state index in [0.717, 1.165) is 13.0 Å². The fourth-order valence-electron chi connectivity index (χ4n) is 1.94. The third kappa shape index (κ3) is 2.46. The van der Waals surface area contributed by atoms with Gasteiger partial charge in [-0.15, -0.1) is 0 Å². The Morgan fingerprint density at radius 3 is 2.45 bits per heavy atom. The first kappa shape index (κ1) is 9.01. The lowest BCUT2D eigenvalue weighted by atomic mass is 9.97. The van der Waals surface area contributed by atoms with Gasteiger partial charge in [-0.3, -0.25) is 0 Å². The second kappa shape index (κ2) is 3.55. The van der Waals surface area contributed by atoms with Gasteiger partial charge in [-0.1, -0.05) is 6.92 Å². The number of hydrogen-bond acceptors (Lipinski definition) is 1. The summed E-state index contributed by atoms with van der Waals surface area (Å²) in [6, 6.07) is 0.660. The Bertz CT molecular complexity index is 115. The highest BCUT2D eigenvalue weighted by Gasteiger charge is 2.27. The van der Waals surface area contributed by atoms with Gasteiger partial charge in [0.2, 0.25) is 0 Å². The van der Waals surface area contributed by atoms with Crippen LogP contribution in [0.2, 0.25) is 0 Å². The van der Waals surface area contributed by atoms with E-state index >= 15 is 0 Å². The molecular formula is C9H20NO+. The maximum atomic E-state index is 9.48. The molecule has 1 unspecified atom stereocenters. The third-order valence-corrected chi connectivity index (χ3v) is 2.60. The van der Waals surface area contributed by atoms with E-state index in [1.807, 2.05) is 0 Å². The van der Waals surface area contributed by atoms with Gasteiger partial charge in [-0.05, 0) is 20.3 Å².